The molecule has 2 unspecified atom stereocenters. The minimum atomic E-state index is -0.275. The number of ether oxygens (including phenoxy) is 1. The largest absolute Gasteiger partial charge is 0.374 e. The first-order chi connectivity index (χ1) is 14.7. The first kappa shape index (κ1) is 22.0. The van der Waals surface area contributed by atoms with Gasteiger partial charge in [0.05, 0.1) is 6.10 Å². The predicted molar refractivity (Wildman–Crippen MR) is 119 cm³/mol. The van der Waals surface area contributed by atoms with E-state index in [1.165, 1.54) is 11.6 Å². The van der Waals surface area contributed by atoms with Crippen LogP contribution in [0.5, 0.6) is 0 Å². The molecule has 2 atom stereocenters. The Balaban J connectivity index is 1.43. The molecule has 3 rings (SSSR count). The summed E-state index contributed by atoms with van der Waals surface area (Å²) < 4.78 is 19.9. The van der Waals surface area contributed by atoms with Gasteiger partial charge in [-0.2, -0.15) is 0 Å². The average Bonchev–Trinajstić information content (AvgIpc) is 3.22. The molecule has 0 aliphatic carbocycles. The van der Waals surface area contributed by atoms with Crippen LogP contribution in [0.2, 0.25) is 0 Å². The van der Waals surface area contributed by atoms with Crippen LogP contribution in [-0.4, -0.2) is 49.8 Å². The summed E-state index contributed by atoms with van der Waals surface area (Å²) in [4.78, 5) is 10.8. The number of nitrogens with one attached hydrogen (secondary N) is 2. The highest BCUT2D eigenvalue weighted by Crippen LogP contribution is 2.20. The van der Waals surface area contributed by atoms with Crippen LogP contribution in [0.3, 0.4) is 0 Å². The lowest BCUT2D eigenvalue weighted by Crippen LogP contribution is -2.44. The van der Waals surface area contributed by atoms with Crippen LogP contribution < -0.4 is 15.5 Å². The molecule has 2 heterocycles. The van der Waals surface area contributed by atoms with E-state index in [9.17, 15) is 4.39 Å². The monoisotopic (exact) mass is 413 g/mol. The maximum atomic E-state index is 14.0. The number of rotatable bonds is 9. The van der Waals surface area contributed by atoms with Crippen molar-refractivity contribution < 1.29 is 9.13 Å². The Morgan fingerprint density at radius 3 is 2.90 bits per heavy atom. The van der Waals surface area contributed by atoms with Gasteiger partial charge in [0.1, 0.15) is 0 Å². The van der Waals surface area contributed by atoms with Gasteiger partial charge in [0.25, 0.3) is 0 Å². The van der Waals surface area contributed by atoms with Crippen LogP contribution in [0, 0.1) is 5.82 Å². The third-order valence-electron chi connectivity index (χ3n) is 5.12. The van der Waals surface area contributed by atoms with E-state index in [0.29, 0.717) is 25.5 Å². The van der Waals surface area contributed by atoms with Crippen molar-refractivity contribution in [3.8, 4) is 0 Å². The molecule has 2 aromatic rings. The number of benzene rings is 1. The molecule has 0 spiro atoms. The zero-order valence-corrected chi connectivity index (χ0v) is 17.9. The fraction of sp³-hybridized carbons (Fsp3) is 0.478. The van der Waals surface area contributed by atoms with Crippen molar-refractivity contribution in [1.82, 2.24) is 15.6 Å². The second kappa shape index (κ2) is 11.5. The van der Waals surface area contributed by atoms with Gasteiger partial charge in [0.2, 0.25) is 0 Å². The van der Waals surface area contributed by atoms with Gasteiger partial charge in [0, 0.05) is 45.0 Å². The van der Waals surface area contributed by atoms with E-state index in [1.54, 1.807) is 12.3 Å². The fourth-order valence-corrected chi connectivity index (χ4v) is 3.53. The molecule has 1 saturated heterocycles. The van der Waals surface area contributed by atoms with Crippen LogP contribution in [0.15, 0.2) is 53.7 Å². The molecule has 1 fully saturated rings. The average molecular weight is 414 g/mol. The highest BCUT2D eigenvalue weighted by atomic mass is 19.1. The first-order valence-electron chi connectivity index (χ1n) is 10.7. The van der Waals surface area contributed by atoms with Crippen molar-refractivity contribution in [2.45, 2.75) is 38.8 Å². The summed E-state index contributed by atoms with van der Waals surface area (Å²) in [6.07, 6.45) is 3.48. The van der Waals surface area contributed by atoms with Gasteiger partial charge < -0.3 is 20.3 Å². The van der Waals surface area contributed by atoms with Crippen LogP contribution in [0.1, 0.15) is 38.4 Å². The number of aliphatic imine (C=N–C) groups is 1. The number of guanidine groups is 1. The minimum Gasteiger partial charge on any atom is -0.374 e. The molecule has 2 N–H and O–H groups in total. The Bertz CT molecular complexity index is 801. The van der Waals surface area contributed by atoms with Gasteiger partial charge >= 0.3 is 0 Å². The molecule has 0 saturated carbocycles. The summed E-state index contributed by atoms with van der Waals surface area (Å²) >= 11 is 0. The number of hydrogen-bond donors (Lipinski definition) is 2. The molecule has 1 aromatic carbocycles. The summed E-state index contributed by atoms with van der Waals surface area (Å²) in [7, 11) is 0. The lowest BCUT2D eigenvalue weighted by molar-refractivity contribution is 0.0652. The zero-order valence-electron chi connectivity index (χ0n) is 17.9. The van der Waals surface area contributed by atoms with Crippen molar-refractivity contribution in [2.24, 2.45) is 4.99 Å². The standard InChI is InChI=1S/C23H32FN5O/c1-3-25-23(27-14-8-16-30-18(2)19-9-5-4-6-10-19)28-20-12-15-29(17-20)22-21(24)11-7-13-26-22/h4-7,9-11,13,18,20H,3,8,12,14-17H2,1-2H3,(H2,25,27,28). The van der Waals surface area contributed by atoms with Crippen molar-refractivity contribution in [3.05, 3.63) is 60.0 Å². The van der Waals surface area contributed by atoms with Gasteiger partial charge in [-0.3, -0.25) is 4.99 Å². The van der Waals surface area contributed by atoms with Crippen molar-refractivity contribution in [3.63, 3.8) is 0 Å². The molecule has 1 aliphatic rings. The van der Waals surface area contributed by atoms with E-state index < -0.39 is 0 Å². The summed E-state index contributed by atoms with van der Waals surface area (Å²) in [5.41, 5.74) is 1.19. The Morgan fingerprint density at radius 1 is 1.30 bits per heavy atom. The molecule has 0 amide bonds. The Morgan fingerprint density at radius 2 is 2.13 bits per heavy atom. The maximum absolute atomic E-state index is 14.0. The van der Waals surface area contributed by atoms with E-state index >= 15 is 0 Å². The first-order valence-corrected chi connectivity index (χ1v) is 10.7. The quantitative estimate of drug-likeness (QED) is 0.374. The van der Waals surface area contributed by atoms with Crippen LogP contribution in [0.4, 0.5) is 10.2 Å². The van der Waals surface area contributed by atoms with Crippen molar-refractivity contribution in [2.75, 3.05) is 37.7 Å². The Labute approximate surface area is 178 Å². The smallest absolute Gasteiger partial charge is 0.191 e. The lowest BCUT2D eigenvalue weighted by atomic mass is 10.1. The summed E-state index contributed by atoms with van der Waals surface area (Å²) in [6.45, 7) is 7.73. The van der Waals surface area contributed by atoms with Gasteiger partial charge in [-0.15, -0.1) is 0 Å². The summed E-state index contributed by atoms with van der Waals surface area (Å²) in [5, 5.41) is 6.76. The van der Waals surface area contributed by atoms with E-state index in [0.717, 1.165) is 31.9 Å². The zero-order chi connectivity index (χ0) is 21.2. The van der Waals surface area contributed by atoms with Crippen molar-refractivity contribution >= 4 is 11.8 Å². The number of anilines is 1. The summed E-state index contributed by atoms with van der Waals surface area (Å²) in [5.74, 6) is 0.943. The SMILES string of the molecule is CCNC(=NCCCOC(C)c1ccccc1)NC1CCN(c2ncccc2F)C1. The molecule has 7 heteroatoms. The van der Waals surface area contributed by atoms with Gasteiger partial charge in [0.15, 0.2) is 17.6 Å². The topological polar surface area (TPSA) is 61.8 Å². The highest BCUT2D eigenvalue weighted by Gasteiger charge is 2.25. The minimum absolute atomic E-state index is 0.0815. The third kappa shape index (κ3) is 6.42. The van der Waals surface area contributed by atoms with Crippen molar-refractivity contribution in [1.29, 1.82) is 0 Å². The third-order valence-corrected chi connectivity index (χ3v) is 5.12. The molecular formula is C23H32FN5O. The van der Waals surface area contributed by atoms with Crippen LogP contribution >= 0.6 is 0 Å². The molecular weight excluding hydrogens is 381 g/mol. The maximum Gasteiger partial charge on any atom is 0.191 e. The van der Waals surface area contributed by atoms with Gasteiger partial charge in [-0.05, 0) is 44.4 Å². The number of aromatic nitrogens is 1. The molecule has 30 heavy (non-hydrogen) atoms. The fourth-order valence-electron chi connectivity index (χ4n) is 3.53. The second-order valence-electron chi connectivity index (χ2n) is 7.42. The van der Waals surface area contributed by atoms with E-state index in [4.69, 9.17) is 4.74 Å². The van der Waals surface area contributed by atoms with Crippen LogP contribution in [-0.2, 0) is 4.74 Å². The molecule has 162 valence electrons. The number of halogens is 1. The molecule has 1 aliphatic heterocycles. The molecule has 6 nitrogen and oxygen atoms in total. The normalized spacial score (nSPS) is 17.8. The van der Waals surface area contributed by atoms with E-state index in [2.05, 4.69) is 39.7 Å². The predicted octanol–water partition coefficient (Wildman–Crippen LogP) is 3.52. The number of pyridine rings is 1. The Hall–Kier alpha value is -2.67. The number of nitrogens with zero attached hydrogens (tertiary/aromatic N) is 3. The van der Waals surface area contributed by atoms with E-state index in [-0.39, 0.29) is 18.0 Å². The molecule has 1 aromatic heterocycles. The Kier molecular flexibility index (Phi) is 8.44. The molecule has 0 bridgehead atoms. The molecule has 0 radical (unpaired) electrons. The van der Waals surface area contributed by atoms with Gasteiger partial charge in [-0.25, -0.2) is 9.37 Å². The summed E-state index contributed by atoms with van der Waals surface area (Å²) in [6, 6.07) is 13.5. The highest BCUT2D eigenvalue weighted by molar-refractivity contribution is 5.80. The van der Waals surface area contributed by atoms with E-state index in [1.807, 2.05) is 30.0 Å². The second-order valence-corrected chi connectivity index (χ2v) is 7.42. The lowest BCUT2D eigenvalue weighted by Gasteiger charge is -2.20. The van der Waals surface area contributed by atoms with Gasteiger partial charge in [-0.1, -0.05) is 30.3 Å². The number of hydrogen-bond acceptors (Lipinski definition) is 4. The van der Waals surface area contributed by atoms with Crippen LogP contribution in [0.25, 0.3) is 0 Å².